The van der Waals surface area contributed by atoms with Crippen LogP contribution in [-0.4, -0.2) is 86.9 Å². The Kier molecular flexibility index (Phi) is 13.0. The fraction of sp³-hybridized carbons (Fsp3) is 0.429. The molecule has 0 aliphatic carbocycles. The summed E-state index contributed by atoms with van der Waals surface area (Å²) in [6.45, 7) is 5.81. The molecule has 3 amide bonds. The van der Waals surface area contributed by atoms with Crippen LogP contribution in [0.1, 0.15) is 50.4 Å². The van der Waals surface area contributed by atoms with Crippen molar-refractivity contribution in [2.75, 3.05) is 43.4 Å². The van der Waals surface area contributed by atoms with Crippen molar-refractivity contribution in [1.82, 2.24) is 9.80 Å². The fourth-order valence-corrected chi connectivity index (χ4v) is 6.43. The van der Waals surface area contributed by atoms with Gasteiger partial charge in [-0.3, -0.25) is 9.52 Å². The van der Waals surface area contributed by atoms with Gasteiger partial charge in [0.25, 0.3) is 15.9 Å². The van der Waals surface area contributed by atoms with Gasteiger partial charge in [-0.2, -0.15) is 0 Å². The highest BCUT2D eigenvalue weighted by molar-refractivity contribution is 7.92. The first-order valence-electron chi connectivity index (χ1n) is 16.2. The van der Waals surface area contributed by atoms with Crippen molar-refractivity contribution in [2.45, 2.75) is 63.2 Å². The van der Waals surface area contributed by atoms with E-state index < -0.39 is 45.7 Å². The Morgan fingerprint density at radius 2 is 1.65 bits per heavy atom. The van der Waals surface area contributed by atoms with E-state index in [4.69, 9.17) is 9.47 Å². The number of nitrogens with zero attached hydrogens (tertiary/aromatic N) is 2. The minimum absolute atomic E-state index is 0.0870. The van der Waals surface area contributed by atoms with Crippen LogP contribution >= 0.6 is 0 Å². The third-order valence-electron chi connectivity index (χ3n) is 8.32. The van der Waals surface area contributed by atoms with Crippen LogP contribution in [0.25, 0.3) is 0 Å². The van der Waals surface area contributed by atoms with Crippen molar-refractivity contribution in [1.29, 1.82) is 0 Å². The van der Waals surface area contributed by atoms with Crippen LogP contribution in [0.5, 0.6) is 5.75 Å². The molecule has 4 atom stereocenters. The Morgan fingerprint density at radius 3 is 2.31 bits per heavy atom. The maximum absolute atomic E-state index is 14.3. The largest absolute Gasteiger partial charge is 0.490 e. The number of rotatable bonds is 8. The van der Waals surface area contributed by atoms with Crippen molar-refractivity contribution < 1.29 is 41.4 Å². The van der Waals surface area contributed by atoms with E-state index in [0.29, 0.717) is 18.7 Å². The number of hydrogen-bond donors (Lipinski definition) is 3. The number of halogens is 2. The van der Waals surface area contributed by atoms with Gasteiger partial charge in [0.05, 0.1) is 35.3 Å². The second kappa shape index (κ2) is 16.9. The molecule has 0 bridgehead atoms. The number of urea groups is 1. The number of hydrogen-bond acceptors (Lipinski definition) is 7. The van der Waals surface area contributed by atoms with Crippen LogP contribution in [0.2, 0.25) is 0 Å². The van der Waals surface area contributed by atoms with Gasteiger partial charge < -0.3 is 29.7 Å². The third-order valence-corrected chi connectivity index (χ3v) is 9.72. The zero-order chi connectivity index (χ0) is 35.7. The molecule has 3 N–H and O–H groups in total. The number of sulfonamides is 1. The number of carbonyl (C=O) groups is 2. The normalized spacial score (nSPS) is 19.9. The lowest BCUT2D eigenvalue weighted by Crippen LogP contribution is -2.48. The predicted octanol–water partition coefficient (Wildman–Crippen LogP) is 5.73. The number of aliphatic hydroxyl groups excluding tert-OH is 1. The smallest absolute Gasteiger partial charge is 0.321 e. The average molecular weight is 703 g/mol. The molecule has 3 aromatic carbocycles. The van der Waals surface area contributed by atoms with E-state index in [2.05, 4.69) is 10.0 Å². The molecule has 14 heteroatoms. The highest BCUT2D eigenvalue weighted by atomic mass is 32.2. The molecular formula is C35H44F2N4O7S. The number of amides is 3. The summed E-state index contributed by atoms with van der Waals surface area (Å²) in [7, 11) is -2.50. The van der Waals surface area contributed by atoms with Crippen LogP contribution in [0, 0.1) is 17.6 Å². The number of likely N-dealkylation sites (N-methyl/N-ethyl adjacent to an activating group) is 1. The van der Waals surface area contributed by atoms with Crippen molar-refractivity contribution in [3.63, 3.8) is 0 Å². The summed E-state index contributed by atoms with van der Waals surface area (Å²) in [5.41, 5.74) is 0.610. The maximum atomic E-state index is 14.3. The highest BCUT2D eigenvalue weighted by Crippen LogP contribution is 2.29. The predicted molar refractivity (Wildman–Crippen MR) is 182 cm³/mol. The minimum atomic E-state index is -4.12. The number of fused-ring (bicyclic) bond motifs is 1. The number of nitrogens with one attached hydrogen (secondary N) is 2. The van der Waals surface area contributed by atoms with E-state index in [1.807, 2.05) is 13.8 Å². The quantitative estimate of drug-likeness (QED) is 0.273. The van der Waals surface area contributed by atoms with Gasteiger partial charge in [0.1, 0.15) is 17.4 Å². The molecule has 0 aromatic heterocycles. The Labute approximate surface area is 286 Å². The van der Waals surface area contributed by atoms with E-state index >= 15 is 0 Å². The van der Waals surface area contributed by atoms with Crippen molar-refractivity contribution in [3.8, 4) is 5.75 Å². The molecule has 0 radical (unpaired) electrons. The van der Waals surface area contributed by atoms with Crippen LogP contribution in [0.3, 0.4) is 0 Å². The van der Waals surface area contributed by atoms with E-state index in [1.165, 1.54) is 52.3 Å². The molecule has 1 aliphatic rings. The summed E-state index contributed by atoms with van der Waals surface area (Å²) in [5, 5.41) is 12.9. The molecule has 0 fully saturated rings. The molecule has 0 unspecified atom stereocenters. The molecule has 0 saturated heterocycles. The lowest BCUT2D eigenvalue weighted by Gasteiger charge is -2.35. The van der Waals surface area contributed by atoms with Gasteiger partial charge >= 0.3 is 6.03 Å². The van der Waals surface area contributed by atoms with Gasteiger partial charge in [0.15, 0.2) is 0 Å². The topological polar surface area (TPSA) is 138 Å². The van der Waals surface area contributed by atoms with E-state index in [9.17, 15) is 31.9 Å². The number of ether oxygens (including phenoxy) is 2. The van der Waals surface area contributed by atoms with Crippen LogP contribution in [-0.2, 0) is 14.8 Å². The van der Waals surface area contributed by atoms with Crippen molar-refractivity contribution in [3.05, 3.63) is 83.9 Å². The molecule has 0 saturated carbocycles. The summed E-state index contributed by atoms with van der Waals surface area (Å²) in [6, 6.07) is 13.1. The fourth-order valence-electron chi connectivity index (χ4n) is 5.38. The average Bonchev–Trinajstić information content (AvgIpc) is 3.07. The van der Waals surface area contributed by atoms with Gasteiger partial charge in [-0.15, -0.1) is 0 Å². The standard InChI is InChI=1S/C35H44F2N4O7S/c1-23-20-41(24(2)22-42)34(43)31-19-29(39-49(45,46)30-15-10-27(37)11-16-30)14-17-32(31)48-25(3)7-5-6-18-47-33(23)21-40(4)35(44)38-28-12-8-26(36)9-13-28/h8-17,19,23-25,33,39,42H,5-7,18,20-22H2,1-4H3,(H,38,44)/t23-,24+,25+,33-/m0/s1. The third kappa shape index (κ3) is 10.4. The van der Waals surface area contributed by atoms with E-state index in [0.717, 1.165) is 37.1 Å². The minimum Gasteiger partial charge on any atom is -0.490 e. The SMILES string of the molecule is C[C@@H]1CCCCO[C@@H](CN(C)C(=O)Nc2ccc(F)cc2)[C@@H](C)CN([C@H](C)CO)C(=O)c2cc(NS(=O)(=O)c3ccc(F)cc3)ccc2O1. The first-order chi connectivity index (χ1) is 23.3. The summed E-state index contributed by atoms with van der Waals surface area (Å²) >= 11 is 0. The first-order valence-corrected chi connectivity index (χ1v) is 17.7. The second-order valence-electron chi connectivity index (χ2n) is 12.4. The summed E-state index contributed by atoms with van der Waals surface area (Å²) in [5.74, 6) is -1.58. The zero-order valence-electron chi connectivity index (χ0n) is 28.1. The molecule has 11 nitrogen and oxygen atoms in total. The molecule has 1 aliphatic heterocycles. The Hall–Kier alpha value is -4.27. The van der Waals surface area contributed by atoms with Gasteiger partial charge in [-0.05, 0) is 99.8 Å². The van der Waals surface area contributed by atoms with E-state index in [-0.39, 0.29) is 53.6 Å². The first kappa shape index (κ1) is 37.5. The second-order valence-corrected chi connectivity index (χ2v) is 14.1. The molecule has 0 spiro atoms. The zero-order valence-corrected chi connectivity index (χ0v) is 28.9. The number of carbonyl (C=O) groups excluding carboxylic acids is 2. The Balaban J connectivity index is 1.62. The number of anilines is 2. The highest BCUT2D eigenvalue weighted by Gasteiger charge is 2.31. The molecule has 4 rings (SSSR count). The lowest BCUT2D eigenvalue weighted by atomic mass is 10.0. The van der Waals surface area contributed by atoms with Gasteiger partial charge in [-0.25, -0.2) is 22.0 Å². The van der Waals surface area contributed by atoms with Gasteiger partial charge in [0.2, 0.25) is 0 Å². The van der Waals surface area contributed by atoms with Gasteiger partial charge in [0, 0.05) is 44.0 Å². The van der Waals surface area contributed by atoms with Gasteiger partial charge in [-0.1, -0.05) is 6.92 Å². The van der Waals surface area contributed by atoms with Crippen molar-refractivity contribution >= 4 is 33.3 Å². The van der Waals surface area contributed by atoms with Crippen LogP contribution in [0.4, 0.5) is 25.0 Å². The monoisotopic (exact) mass is 702 g/mol. The molecular weight excluding hydrogens is 658 g/mol. The molecule has 1 heterocycles. The van der Waals surface area contributed by atoms with Crippen molar-refractivity contribution in [2.24, 2.45) is 5.92 Å². The Bertz CT molecular complexity index is 1680. The summed E-state index contributed by atoms with van der Waals surface area (Å²) in [6.07, 6.45) is 1.32. The number of aliphatic hydroxyl groups is 1. The molecule has 49 heavy (non-hydrogen) atoms. The number of benzene rings is 3. The van der Waals surface area contributed by atoms with Crippen LogP contribution in [0.15, 0.2) is 71.6 Å². The summed E-state index contributed by atoms with van der Waals surface area (Å²) in [4.78, 5) is 30.1. The Morgan fingerprint density at radius 1 is 1.02 bits per heavy atom. The molecule has 3 aromatic rings. The lowest BCUT2D eigenvalue weighted by molar-refractivity contribution is -0.0115. The van der Waals surface area contributed by atoms with Crippen LogP contribution < -0.4 is 14.8 Å². The van der Waals surface area contributed by atoms with E-state index in [1.54, 1.807) is 14.0 Å². The molecule has 266 valence electrons. The maximum Gasteiger partial charge on any atom is 0.321 e. The summed E-state index contributed by atoms with van der Waals surface area (Å²) < 4.78 is 67.9.